The Morgan fingerprint density at radius 2 is 1.86 bits per heavy atom. The molecule has 0 aliphatic carbocycles. The summed E-state index contributed by atoms with van der Waals surface area (Å²) in [6, 6.07) is 3.20. The summed E-state index contributed by atoms with van der Waals surface area (Å²) in [5.74, 6) is 0. The number of fused-ring (bicyclic) bond motifs is 1. The van der Waals surface area contributed by atoms with Crippen molar-refractivity contribution in [2.24, 2.45) is 0 Å². The van der Waals surface area contributed by atoms with E-state index in [1.54, 1.807) is 16.7 Å². The van der Waals surface area contributed by atoms with Crippen LogP contribution in [0.25, 0.3) is 11.0 Å². The molecule has 6 nitrogen and oxygen atoms in total. The van der Waals surface area contributed by atoms with Gasteiger partial charge in [-0.05, 0) is 28.1 Å². The van der Waals surface area contributed by atoms with Gasteiger partial charge in [-0.1, -0.05) is 23.2 Å². The predicted octanol–water partition coefficient (Wildman–Crippen LogP) is 1.72. The Morgan fingerprint density at radius 1 is 1.19 bits per heavy atom. The van der Waals surface area contributed by atoms with E-state index in [4.69, 9.17) is 27.9 Å². The third-order valence-corrected chi connectivity index (χ3v) is 4.70. The molecule has 1 saturated heterocycles. The molecule has 1 aliphatic rings. The molecule has 0 unspecified atom stereocenters. The zero-order chi connectivity index (χ0) is 15.3. The summed E-state index contributed by atoms with van der Waals surface area (Å²) in [4.78, 5) is 4.27. The van der Waals surface area contributed by atoms with E-state index >= 15 is 0 Å². The first-order chi connectivity index (χ1) is 9.90. The van der Waals surface area contributed by atoms with Crippen LogP contribution in [0.15, 0.2) is 16.9 Å². The van der Waals surface area contributed by atoms with Gasteiger partial charge in [0.2, 0.25) is 0 Å². The van der Waals surface area contributed by atoms with Crippen molar-refractivity contribution in [3.8, 4) is 0 Å². The van der Waals surface area contributed by atoms with E-state index < -0.39 is 24.5 Å². The van der Waals surface area contributed by atoms with E-state index in [9.17, 15) is 15.3 Å². The monoisotopic (exact) mass is 396 g/mol. The van der Waals surface area contributed by atoms with E-state index in [0.29, 0.717) is 25.8 Å². The highest BCUT2D eigenvalue weighted by Gasteiger charge is 2.39. The largest absolute Gasteiger partial charge is 0.388 e. The standard InChI is InChI=1S/C12H11BrCl2N2O4/c13-12-16-6-1-4(14)5(15)2-7(6)17(12)11-10(20)9(19)8(18)3-21-11/h1-2,8-11,18-20H,3H2/t8-,9+,10-,11-/m0/s1. The van der Waals surface area contributed by atoms with Crippen molar-refractivity contribution in [1.82, 2.24) is 9.55 Å². The average molecular weight is 398 g/mol. The van der Waals surface area contributed by atoms with Crippen molar-refractivity contribution < 1.29 is 20.1 Å². The molecule has 1 fully saturated rings. The van der Waals surface area contributed by atoms with Gasteiger partial charge >= 0.3 is 0 Å². The fourth-order valence-electron chi connectivity index (χ4n) is 2.32. The maximum Gasteiger partial charge on any atom is 0.180 e. The van der Waals surface area contributed by atoms with Crippen molar-refractivity contribution in [3.63, 3.8) is 0 Å². The zero-order valence-electron chi connectivity index (χ0n) is 10.4. The van der Waals surface area contributed by atoms with Crippen molar-refractivity contribution in [3.05, 3.63) is 26.9 Å². The van der Waals surface area contributed by atoms with Gasteiger partial charge in [0.05, 0.1) is 27.7 Å². The maximum absolute atomic E-state index is 10.1. The molecule has 2 heterocycles. The molecule has 0 radical (unpaired) electrons. The summed E-state index contributed by atoms with van der Waals surface area (Å²) in [5.41, 5.74) is 1.15. The van der Waals surface area contributed by atoms with Gasteiger partial charge in [-0.25, -0.2) is 4.98 Å². The van der Waals surface area contributed by atoms with Crippen LogP contribution < -0.4 is 0 Å². The zero-order valence-corrected chi connectivity index (χ0v) is 13.5. The Hall–Kier alpha value is -0.410. The quantitative estimate of drug-likeness (QED) is 0.681. The second-order valence-corrected chi connectivity index (χ2v) is 6.30. The van der Waals surface area contributed by atoms with Crippen molar-refractivity contribution in [2.45, 2.75) is 24.5 Å². The van der Waals surface area contributed by atoms with Crippen molar-refractivity contribution in [1.29, 1.82) is 0 Å². The topological polar surface area (TPSA) is 87.7 Å². The van der Waals surface area contributed by atoms with Crippen molar-refractivity contribution >= 4 is 50.2 Å². The Labute approximate surface area is 138 Å². The van der Waals surface area contributed by atoms with Crippen LogP contribution >= 0.6 is 39.1 Å². The highest BCUT2D eigenvalue weighted by atomic mass is 79.9. The number of ether oxygens (including phenoxy) is 1. The number of aromatic nitrogens is 2. The smallest absolute Gasteiger partial charge is 0.180 e. The molecule has 1 aromatic carbocycles. The first-order valence-corrected chi connectivity index (χ1v) is 7.63. The summed E-state index contributed by atoms with van der Waals surface area (Å²) in [5, 5.41) is 30.1. The van der Waals surface area contributed by atoms with Gasteiger partial charge in [-0.3, -0.25) is 4.57 Å². The van der Waals surface area contributed by atoms with E-state index in [0.717, 1.165) is 0 Å². The van der Waals surface area contributed by atoms with E-state index in [-0.39, 0.29) is 6.61 Å². The van der Waals surface area contributed by atoms with E-state index in [2.05, 4.69) is 20.9 Å². The first kappa shape index (κ1) is 15.5. The number of benzene rings is 1. The lowest BCUT2D eigenvalue weighted by atomic mass is 10.0. The van der Waals surface area contributed by atoms with Gasteiger partial charge < -0.3 is 20.1 Å². The number of imidazole rings is 1. The average Bonchev–Trinajstić information content (AvgIpc) is 2.73. The summed E-state index contributed by atoms with van der Waals surface area (Å²) < 4.78 is 7.38. The molecule has 0 spiro atoms. The van der Waals surface area contributed by atoms with Crippen LogP contribution in [-0.4, -0.2) is 49.8 Å². The maximum atomic E-state index is 10.1. The molecular formula is C12H11BrCl2N2O4. The normalized spacial score (nSPS) is 30.0. The summed E-state index contributed by atoms with van der Waals surface area (Å²) >= 11 is 15.3. The number of aliphatic hydroxyl groups is 3. The van der Waals surface area contributed by atoms with Crippen LogP contribution in [0.4, 0.5) is 0 Å². The van der Waals surface area contributed by atoms with Crippen LogP contribution in [0, 0.1) is 0 Å². The minimum Gasteiger partial charge on any atom is -0.388 e. The fourth-order valence-corrected chi connectivity index (χ4v) is 3.22. The second-order valence-electron chi connectivity index (χ2n) is 4.78. The van der Waals surface area contributed by atoms with E-state index in [1.165, 1.54) is 0 Å². The molecule has 2 aromatic rings. The van der Waals surface area contributed by atoms with Crippen LogP contribution in [-0.2, 0) is 4.74 Å². The molecule has 1 aliphatic heterocycles. The van der Waals surface area contributed by atoms with Crippen LogP contribution in [0.5, 0.6) is 0 Å². The number of aliphatic hydroxyl groups excluding tert-OH is 3. The number of nitrogens with zero attached hydrogens (tertiary/aromatic N) is 2. The highest BCUT2D eigenvalue weighted by Crippen LogP contribution is 2.35. The predicted molar refractivity (Wildman–Crippen MR) is 80.5 cm³/mol. The summed E-state index contributed by atoms with van der Waals surface area (Å²) in [6.07, 6.45) is -4.66. The third-order valence-electron chi connectivity index (χ3n) is 3.42. The highest BCUT2D eigenvalue weighted by molar-refractivity contribution is 9.10. The number of hydrogen-bond acceptors (Lipinski definition) is 5. The van der Waals surface area contributed by atoms with Gasteiger partial charge in [0, 0.05) is 0 Å². The SMILES string of the molecule is O[C@H]1[C@H](O)[C@@H](n2c(Br)nc3cc(Cl)c(Cl)cc32)OC[C@@H]1O. The number of hydrogen-bond donors (Lipinski definition) is 3. The molecule has 0 amide bonds. The van der Waals surface area contributed by atoms with Crippen LogP contribution in [0.1, 0.15) is 6.23 Å². The van der Waals surface area contributed by atoms with Crippen LogP contribution in [0.3, 0.4) is 0 Å². The molecular weight excluding hydrogens is 387 g/mol. The van der Waals surface area contributed by atoms with Gasteiger partial charge in [0.25, 0.3) is 0 Å². The molecule has 9 heteroatoms. The third kappa shape index (κ3) is 2.57. The number of rotatable bonds is 1. The van der Waals surface area contributed by atoms with Crippen LogP contribution in [0.2, 0.25) is 10.0 Å². The molecule has 0 bridgehead atoms. The Bertz CT molecular complexity index is 695. The Kier molecular flexibility index (Phi) is 4.17. The fraction of sp³-hybridized carbons (Fsp3) is 0.417. The molecule has 4 atom stereocenters. The molecule has 1 aromatic heterocycles. The number of halogens is 3. The lowest BCUT2D eigenvalue weighted by molar-refractivity contribution is -0.210. The van der Waals surface area contributed by atoms with Gasteiger partial charge in [0.15, 0.2) is 11.0 Å². The molecule has 3 N–H and O–H groups in total. The van der Waals surface area contributed by atoms with E-state index in [1.807, 2.05) is 0 Å². The molecule has 114 valence electrons. The summed E-state index contributed by atoms with van der Waals surface area (Å²) in [7, 11) is 0. The van der Waals surface area contributed by atoms with Gasteiger partial charge in [-0.15, -0.1) is 0 Å². The second kappa shape index (κ2) is 5.66. The Morgan fingerprint density at radius 3 is 2.57 bits per heavy atom. The first-order valence-electron chi connectivity index (χ1n) is 6.08. The lowest BCUT2D eigenvalue weighted by Crippen LogP contribution is -2.50. The molecule has 0 saturated carbocycles. The lowest BCUT2D eigenvalue weighted by Gasteiger charge is -2.36. The Balaban J connectivity index is 2.12. The van der Waals surface area contributed by atoms with Gasteiger partial charge in [0.1, 0.15) is 18.3 Å². The van der Waals surface area contributed by atoms with Crippen molar-refractivity contribution in [2.75, 3.05) is 6.61 Å². The molecule has 21 heavy (non-hydrogen) atoms. The minimum atomic E-state index is -1.31. The van der Waals surface area contributed by atoms with Gasteiger partial charge in [-0.2, -0.15) is 0 Å². The summed E-state index contributed by atoms with van der Waals surface area (Å²) in [6.45, 7) is -0.101. The minimum absolute atomic E-state index is 0.101. The molecule has 3 rings (SSSR count).